The number of unbranched alkanes of at least 4 members (excludes halogenated alkanes) is 2. The van der Waals surface area contributed by atoms with E-state index in [1.807, 2.05) is 18.2 Å². The van der Waals surface area contributed by atoms with Gasteiger partial charge in [-0.25, -0.2) is 0 Å². The van der Waals surface area contributed by atoms with Crippen molar-refractivity contribution in [1.82, 2.24) is 0 Å². The Bertz CT molecular complexity index is 325. The molecule has 0 aliphatic rings. The number of rotatable bonds is 5. The number of benzene rings is 1. The molecule has 0 spiro atoms. The van der Waals surface area contributed by atoms with Crippen LogP contribution in [0, 0.1) is 0 Å². The molecule has 3 heteroatoms. The van der Waals surface area contributed by atoms with Gasteiger partial charge in [0.15, 0.2) is 0 Å². The van der Waals surface area contributed by atoms with Gasteiger partial charge < -0.3 is 10.5 Å². The van der Waals surface area contributed by atoms with Crippen molar-refractivity contribution in [3.63, 3.8) is 0 Å². The molecule has 0 aliphatic carbocycles. The summed E-state index contributed by atoms with van der Waals surface area (Å²) in [5.74, 6) is 0.793. The van der Waals surface area contributed by atoms with Crippen LogP contribution in [0.2, 0.25) is 0 Å². The van der Waals surface area contributed by atoms with Gasteiger partial charge in [-0.3, -0.25) is 0 Å². The first-order valence-electron chi connectivity index (χ1n) is 5.29. The fourth-order valence-corrected chi connectivity index (χ4v) is 1.57. The normalized spacial score (nSPS) is 9.93. The number of hydrogen-bond acceptors (Lipinski definition) is 2. The van der Waals surface area contributed by atoms with Gasteiger partial charge in [-0.15, -0.1) is 0 Å². The van der Waals surface area contributed by atoms with Crippen LogP contribution in [0.15, 0.2) is 24.3 Å². The second kappa shape index (κ2) is 6.40. The minimum absolute atomic E-state index is 0.0814. The third-order valence-electron chi connectivity index (χ3n) is 2.23. The lowest BCUT2D eigenvalue weighted by Gasteiger charge is -2.08. The van der Waals surface area contributed by atoms with Crippen LogP contribution in [-0.2, 0) is 6.42 Å². The van der Waals surface area contributed by atoms with Gasteiger partial charge in [-0.1, -0.05) is 38.0 Å². The molecule has 15 heavy (non-hydrogen) atoms. The van der Waals surface area contributed by atoms with Gasteiger partial charge in [0, 0.05) is 0 Å². The molecule has 0 saturated heterocycles. The van der Waals surface area contributed by atoms with E-state index in [1.54, 1.807) is 0 Å². The van der Waals surface area contributed by atoms with Crippen LogP contribution in [0.25, 0.3) is 0 Å². The lowest BCUT2D eigenvalue weighted by Crippen LogP contribution is -2.16. The summed E-state index contributed by atoms with van der Waals surface area (Å²) in [5.41, 5.74) is 6.54. The molecule has 82 valence electrons. The maximum absolute atomic E-state index is 5.36. The summed E-state index contributed by atoms with van der Waals surface area (Å²) in [6.07, 6.45) is 4.65. The van der Waals surface area contributed by atoms with Crippen LogP contribution in [0.5, 0.6) is 5.75 Å². The Balaban J connectivity index is 2.64. The third-order valence-corrected chi connectivity index (χ3v) is 2.32. The van der Waals surface area contributed by atoms with E-state index in [2.05, 4.69) is 13.0 Å². The molecule has 0 aromatic heterocycles. The molecule has 2 N–H and O–H groups in total. The first-order chi connectivity index (χ1) is 7.24. The Morgan fingerprint density at radius 2 is 2.07 bits per heavy atom. The average molecular weight is 223 g/mol. The van der Waals surface area contributed by atoms with Gasteiger partial charge in [0.2, 0.25) is 0 Å². The summed E-state index contributed by atoms with van der Waals surface area (Å²) < 4.78 is 5.29. The number of ether oxygens (including phenoxy) is 1. The lowest BCUT2D eigenvalue weighted by molar-refractivity contribution is 0.545. The first-order valence-corrected chi connectivity index (χ1v) is 5.70. The molecule has 0 bridgehead atoms. The predicted molar refractivity (Wildman–Crippen MR) is 67.1 cm³/mol. The van der Waals surface area contributed by atoms with Crippen LogP contribution in [0.1, 0.15) is 31.7 Å². The second-order valence-corrected chi connectivity index (χ2v) is 3.89. The molecule has 0 fully saturated rings. The van der Waals surface area contributed by atoms with E-state index in [-0.39, 0.29) is 5.17 Å². The monoisotopic (exact) mass is 223 g/mol. The van der Waals surface area contributed by atoms with Crippen molar-refractivity contribution < 1.29 is 4.74 Å². The van der Waals surface area contributed by atoms with Crippen molar-refractivity contribution in [1.29, 1.82) is 0 Å². The summed E-state index contributed by atoms with van der Waals surface area (Å²) in [6, 6.07) is 7.90. The van der Waals surface area contributed by atoms with Crippen molar-refractivity contribution in [2.45, 2.75) is 32.6 Å². The Morgan fingerprint density at radius 3 is 2.73 bits per heavy atom. The molecule has 0 aliphatic heterocycles. The van der Waals surface area contributed by atoms with Crippen molar-refractivity contribution in [3.05, 3.63) is 29.8 Å². The number of thiocarbonyl (C=S) groups is 1. The Morgan fingerprint density at radius 1 is 1.33 bits per heavy atom. The molecule has 0 saturated carbocycles. The molecular formula is C12H17NOS. The molecule has 1 aromatic rings. The zero-order valence-electron chi connectivity index (χ0n) is 9.03. The van der Waals surface area contributed by atoms with Crippen molar-refractivity contribution in [2.24, 2.45) is 5.73 Å². The number of nitrogens with two attached hydrogens (primary N) is 1. The van der Waals surface area contributed by atoms with Crippen LogP contribution in [0.4, 0.5) is 0 Å². The van der Waals surface area contributed by atoms with E-state index < -0.39 is 0 Å². The van der Waals surface area contributed by atoms with Crippen molar-refractivity contribution >= 4 is 17.4 Å². The molecule has 0 atom stereocenters. The standard InChI is InChI=1S/C12H17NOS/c1-2-3-4-7-10-8-5-6-9-11(10)14-12(13)15/h5-6,8-9H,2-4,7H2,1H3,(H2,13,15). The van der Waals surface area contributed by atoms with Gasteiger partial charge in [0.1, 0.15) is 5.75 Å². The van der Waals surface area contributed by atoms with Crippen LogP contribution in [0.3, 0.4) is 0 Å². The third kappa shape index (κ3) is 4.30. The summed E-state index contributed by atoms with van der Waals surface area (Å²) in [6.45, 7) is 2.19. The van der Waals surface area contributed by atoms with Crippen molar-refractivity contribution in [2.75, 3.05) is 0 Å². The Labute approximate surface area is 96.4 Å². The maximum atomic E-state index is 5.36. The van der Waals surface area contributed by atoms with E-state index in [9.17, 15) is 0 Å². The zero-order chi connectivity index (χ0) is 11.1. The topological polar surface area (TPSA) is 35.2 Å². The summed E-state index contributed by atoms with van der Waals surface area (Å²) >= 11 is 4.73. The largest absolute Gasteiger partial charge is 0.432 e. The number of hydrogen-bond donors (Lipinski definition) is 1. The molecule has 0 radical (unpaired) electrons. The molecular weight excluding hydrogens is 206 g/mol. The smallest absolute Gasteiger partial charge is 0.259 e. The molecule has 1 aromatic carbocycles. The van der Waals surface area contributed by atoms with E-state index in [4.69, 9.17) is 22.7 Å². The number of aryl methyl sites for hydroxylation is 1. The molecule has 0 amide bonds. The van der Waals surface area contributed by atoms with Crippen LogP contribution in [-0.4, -0.2) is 5.17 Å². The SMILES string of the molecule is CCCCCc1ccccc1OC(N)=S. The fraction of sp³-hybridized carbons (Fsp3) is 0.417. The Kier molecular flexibility index (Phi) is 5.12. The van der Waals surface area contributed by atoms with Gasteiger partial charge in [-0.05, 0) is 36.7 Å². The summed E-state index contributed by atoms with van der Waals surface area (Å²) in [4.78, 5) is 0. The Hall–Kier alpha value is -1.09. The van der Waals surface area contributed by atoms with Gasteiger partial charge in [-0.2, -0.15) is 0 Å². The second-order valence-electron chi connectivity index (χ2n) is 3.49. The highest BCUT2D eigenvalue weighted by Gasteiger charge is 2.03. The number of para-hydroxylation sites is 1. The maximum Gasteiger partial charge on any atom is 0.259 e. The van der Waals surface area contributed by atoms with Gasteiger partial charge in [0.05, 0.1) is 0 Å². The highest BCUT2D eigenvalue weighted by molar-refractivity contribution is 7.80. The molecule has 2 nitrogen and oxygen atoms in total. The van der Waals surface area contributed by atoms with Crippen LogP contribution < -0.4 is 10.5 Å². The zero-order valence-corrected chi connectivity index (χ0v) is 9.85. The van der Waals surface area contributed by atoms with Crippen molar-refractivity contribution in [3.8, 4) is 5.75 Å². The fourth-order valence-electron chi connectivity index (χ4n) is 1.48. The average Bonchev–Trinajstić information content (AvgIpc) is 2.20. The van der Waals surface area contributed by atoms with Gasteiger partial charge >= 0.3 is 0 Å². The first kappa shape index (κ1) is 12.0. The van der Waals surface area contributed by atoms with E-state index >= 15 is 0 Å². The summed E-state index contributed by atoms with van der Waals surface area (Å²) in [7, 11) is 0. The van der Waals surface area contributed by atoms with Crippen LogP contribution >= 0.6 is 12.2 Å². The highest BCUT2D eigenvalue weighted by atomic mass is 32.1. The molecule has 0 unspecified atom stereocenters. The molecule has 0 heterocycles. The van der Waals surface area contributed by atoms with E-state index in [1.165, 1.54) is 24.8 Å². The van der Waals surface area contributed by atoms with E-state index in [0.717, 1.165) is 12.2 Å². The minimum atomic E-state index is 0.0814. The highest BCUT2D eigenvalue weighted by Crippen LogP contribution is 2.20. The quantitative estimate of drug-likeness (QED) is 0.615. The van der Waals surface area contributed by atoms with E-state index in [0.29, 0.717) is 0 Å². The molecule has 1 rings (SSSR count). The lowest BCUT2D eigenvalue weighted by atomic mass is 10.1. The summed E-state index contributed by atoms with van der Waals surface area (Å²) in [5, 5.41) is 0.0814. The minimum Gasteiger partial charge on any atom is -0.432 e. The predicted octanol–water partition coefficient (Wildman–Crippen LogP) is 3.04. The van der Waals surface area contributed by atoms with Gasteiger partial charge in [0.25, 0.3) is 5.17 Å².